The van der Waals surface area contributed by atoms with Gasteiger partial charge in [-0.3, -0.25) is 4.90 Å². The van der Waals surface area contributed by atoms with E-state index >= 15 is 0 Å². The molecule has 1 aromatic rings. The maximum Gasteiger partial charge on any atom is 0.0674 e. The summed E-state index contributed by atoms with van der Waals surface area (Å²) in [6, 6.07) is 8.06. The number of para-hydroxylation sites is 1. The molecular formula is C12H18N2O. The molecule has 1 heterocycles. The summed E-state index contributed by atoms with van der Waals surface area (Å²) in [6.07, 6.45) is 0.337. The van der Waals surface area contributed by atoms with Gasteiger partial charge < -0.3 is 10.5 Å². The third-order valence-electron chi connectivity index (χ3n) is 2.77. The van der Waals surface area contributed by atoms with Gasteiger partial charge in [0.05, 0.1) is 12.7 Å². The fourth-order valence-electron chi connectivity index (χ4n) is 1.95. The Bertz CT molecular complexity index is 327. The van der Waals surface area contributed by atoms with Gasteiger partial charge in [0.1, 0.15) is 0 Å². The van der Waals surface area contributed by atoms with Gasteiger partial charge in [0, 0.05) is 25.3 Å². The number of ether oxygens (including phenoxy) is 1. The number of hydrogen-bond acceptors (Lipinski definition) is 3. The van der Waals surface area contributed by atoms with Crippen LogP contribution in [0.15, 0.2) is 24.3 Å². The van der Waals surface area contributed by atoms with Gasteiger partial charge in [0.2, 0.25) is 0 Å². The molecule has 1 fully saturated rings. The minimum Gasteiger partial charge on any atom is -0.398 e. The molecule has 1 unspecified atom stereocenters. The van der Waals surface area contributed by atoms with Crippen molar-refractivity contribution in [3.05, 3.63) is 29.8 Å². The van der Waals surface area contributed by atoms with E-state index in [-0.39, 0.29) is 0 Å². The minimum absolute atomic E-state index is 0.337. The second kappa shape index (κ2) is 4.64. The highest BCUT2D eigenvalue weighted by Crippen LogP contribution is 2.15. The molecule has 1 atom stereocenters. The standard InChI is InChI=1S/C12H18N2O/c1-10-8-14(6-7-15-10)9-11-4-2-3-5-12(11)13/h2-5,10H,6-9,13H2,1H3. The molecule has 0 bridgehead atoms. The Morgan fingerprint density at radius 3 is 3.00 bits per heavy atom. The van der Waals surface area contributed by atoms with E-state index < -0.39 is 0 Å². The Balaban J connectivity index is 1.99. The summed E-state index contributed by atoms with van der Waals surface area (Å²) in [4.78, 5) is 2.39. The van der Waals surface area contributed by atoms with Crippen molar-refractivity contribution < 1.29 is 4.74 Å². The Labute approximate surface area is 90.8 Å². The Kier molecular flexibility index (Phi) is 3.23. The third-order valence-corrected chi connectivity index (χ3v) is 2.77. The number of morpholine rings is 1. The van der Waals surface area contributed by atoms with E-state index in [1.807, 2.05) is 18.2 Å². The largest absolute Gasteiger partial charge is 0.398 e. The topological polar surface area (TPSA) is 38.5 Å². The first-order valence-electron chi connectivity index (χ1n) is 5.43. The SMILES string of the molecule is CC1CN(Cc2ccccc2N)CCO1. The van der Waals surface area contributed by atoms with Crippen molar-refractivity contribution in [2.75, 3.05) is 25.4 Å². The highest BCUT2D eigenvalue weighted by Gasteiger charge is 2.16. The van der Waals surface area contributed by atoms with Gasteiger partial charge in [-0.25, -0.2) is 0 Å². The molecular weight excluding hydrogens is 188 g/mol. The van der Waals surface area contributed by atoms with Crippen molar-refractivity contribution in [1.29, 1.82) is 0 Å². The van der Waals surface area contributed by atoms with Crippen LogP contribution in [0.25, 0.3) is 0 Å². The molecule has 0 amide bonds. The predicted octanol–water partition coefficient (Wildman–Crippen LogP) is 1.49. The molecule has 2 rings (SSSR count). The summed E-state index contributed by atoms with van der Waals surface area (Å²) >= 11 is 0. The van der Waals surface area contributed by atoms with Crippen LogP contribution in [0.4, 0.5) is 5.69 Å². The quantitative estimate of drug-likeness (QED) is 0.745. The van der Waals surface area contributed by atoms with Crippen LogP contribution >= 0.6 is 0 Å². The van der Waals surface area contributed by atoms with Crippen LogP contribution in [0, 0.1) is 0 Å². The Hall–Kier alpha value is -1.06. The lowest BCUT2D eigenvalue weighted by Gasteiger charge is -2.31. The van der Waals surface area contributed by atoms with E-state index in [0.717, 1.165) is 31.9 Å². The van der Waals surface area contributed by atoms with E-state index in [2.05, 4.69) is 17.9 Å². The van der Waals surface area contributed by atoms with Gasteiger partial charge in [0.15, 0.2) is 0 Å². The number of rotatable bonds is 2. The monoisotopic (exact) mass is 206 g/mol. The first-order chi connectivity index (χ1) is 7.25. The number of nitrogens with zero attached hydrogens (tertiary/aromatic N) is 1. The number of anilines is 1. The molecule has 0 radical (unpaired) electrons. The van der Waals surface area contributed by atoms with E-state index in [1.165, 1.54) is 5.56 Å². The van der Waals surface area contributed by atoms with Gasteiger partial charge in [0.25, 0.3) is 0 Å². The first-order valence-corrected chi connectivity index (χ1v) is 5.43. The lowest BCUT2D eigenvalue weighted by Crippen LogP contribution is -2.40. The summed E-state index contributed by atoms with van der Waals surface area (Å²) in [5.74, 6) is 0. The molecule has 0 aromatic heterocycles. The Morgan fingerprint density at radius 2 is 2.27 bits per heavy atom. The summed E-state index contributed by atoms with van der Waals surface area (Å²) < 4.78 is 5.50. The zero-order valence-corrected chi connectivity index (χ0v) is 9.15. The normalized spacial score (nSPS) is 22.9. The van der Waals surface area contributed by atoms with Gasteiger partial charge in [-0.2, -0.15) is 0 Å². The highest BCUT2D eigenvalue weighted by molar-refractivity contribution is 5.46. The van der Waals surface area contributed by atoms with Gasteiger partial charge in [-0.05, 0) is 18.6 Å². The molecule has 1 aliphatic heterocycles. The van der Waals surface area contributed by atoms with Crippen LogP contribution in [-0.2, 0) is 11.3 Å². The molecule has 0 aliphatic carbocycles. The molecule has 1 aromatic carbocycles. The smallest absolute Gasteiger partial charge is 0.0674 e. The molecule has 3 nitrogen and oxygen atoms in total. The second-order valence-corrected chi connectivity index (χ2v) is 4.12. The van der Waals surface area contributed by atoms with Crippen LogP contribution in [0.2, 0.25) is 0 Å². The van der Waals surface area contributed by atoms with Crippen molar-refractivity contribution in [2.45, 2.75) is 19.6 Å². The van der Waals surface area contributed by atoms with E-state index in [4.69, 9.17) is 10.5 Å². The van der Waals surface area contributed by atoms with Crippen LogP contribution in [0.3, 0.4) is 0 Å². The maximum atomic E-state index is 5.91. The molecule has 82 valence electrons. The second-order valence-electron chi connectivity index (χ2n) is 4.12. The van der Waals surface area contributed by atoms with Gasteiger partial charge >= 0.3 is 0 Å². The molecule has 0 spiro atoms. The number of benzene rings is 1. The molecule has 3 heteroatoms. The van der Waals surface area contributed by atoms with Crippen LogP contribution < -0.4 is 5.73 Å². The van der Waals surface area contributed by atoms with Crippen molar-refractivity contribution >= 4 is 5.69 Å². The zero-order valence-electron chi connectivity index (χ0n) is 9.15. The molecule has 2 N–H and O–H groups in total. The average Bonchev–Trinajstić information content (AvgIpc) is 2.22. The van der Waals surface area contributed by atoms with Crippen LogP contribution in [-0.4, -0.2) is 30.7 Å². The van der Waals surface area contributed by atoms with E-state index in [0.29, 0.717) is 6.10 Å². The van der Waals surface area contributed by atoms with E-state index in [1.54, 1.807) is 0 Å². The molecule has 0 saturated carbocycles. The van der Waals surface area contributed by atoms with Crippen molar-refractivity contribution in [1.82, 2.24) is 4.90 Å². The zero-order chi connectivity index (χ0) is 10.7. The molecule has 1 aliphatic rings. The maximum absolute atomic E-state index is 5.91. The summed E-state index contributed by atoms with van der Waals surface area (Å²) in [7, 11) is 0. The lowest BCUT2D eigenvalue weighted by atomic mass is 10.1. The van der Waals surface area contributed by atoms with Crippen LogP contribution in [0.5, 0.6) is 0 Å². The highest BCUT2D eigenvalue weighted by atomic mass is 16.5. The average molecular weight is 206 g/mol. The Morgan fingerprint density at radius 1 is 1.47 bits per heavy atom. The summed E-state index contributed by atoms with van der Waals surface area (Å²) in [5.41, 5.74) is 8.01. The van der Waals surface area contributed by atoms with Crippen molar-refractivity contribution in [3.63, 3.8) is 0 Å². The predicted molar refractivity (Wildman–Crippen MR) is 61.5 cm³/mol. The van der Waals surface area contributed by atoms with Crippen molar-refractivity contribution in [3.8, 4) is 0 Å². The number of nitrogens with two attached hydrogens (primary N) is 1. The molecule has 1 saturated heterocycles. The number of hydrogen-bond donors (Lipinski definition) is 1. The van der Waals surface area contributed by atoms with E-state index in [9.17, 15) is 0 Å². The third kappa shape index (κ3) is 2.70. The van der Waals surface area contributed by atoms with Crippen molar-refractivity contribution in [2.24, 2.45) is 0 Å². The summed E-state index contributed by atoms with van der Waals surface area (Å²) in [5, 5.41) is 0. The first kappa shape index (κ1) is 10.5. The van der Waals surface area contributed by atoms with Crippen LogP contribution in [0.1, 0.15) is 12.5 Å². The van der Waals surface area contributed by atoms with Gasteiger partial charge in [-0.1, -0.05) is 18.2 Å². The summed E-state index contributed by atoms with van der Waals surface area (Å²) in [6.45, 7) is 5.86. The lowest BCUT2D eigenvalue weighted by molar-refractivity contribution is -0.0211. The minimum atomic E-state index is 0.337. The van der Waals surface area contributed by atoms with Gasteiger partial charge in [-0.15, -0.1) is 0 Å². The number of nitrogen functional groups attached to an aromatic ring is 1. The fraction of sp³-hybridized carbons (Fsp3) is 0.500. The fourth-order valence-corrected chi connectivity index (χ4v) is 1.95. The molecule has 15 heavy (non-hydrogen) atoms.